The highest BCUT2D eigenvalue weighted by molar-refractivity contribution is 6.29. The summed E-state index contributed by atoms with van der Waals surface area (Å²) in [6.07, 6.45) is 0. The van der Waals surface area contributed by atoms with Crippen LogP contribution in [0.5, 0.6) is 0 Å². The van der Waals surface area contributed by atoms with Crippen LogP contribution < -0.4 is 16.6 Å². The van der Waals surface area contributed by atoms with Gasteiger partial charge in [0.05, 0.1) is 0 Å². The average molecular weight is 245 g/mol. The molecule has 0 aliphatic heterocycles. The summed E-state index contributed by atoms with van der Waals surface area (Å²) in [7, 11) is 0. The number of halogens is 1. The van der Waals surface area contributed by atoms with Crippen molar-refractivity contribution in [1.29, 1.82) is 0 Å². The van der Waals surface area contributed by atoms with E-state index in [0.29, 0.717) is 0 Å². The van der Waals surface area contributed by atoms with Gasteiger partial charge in [0.15, 0.2) is 0 Å². The monoisotopic (exact) mass is 244 g/mol. The van der Waals surface area contributed by atoms with Crippen LogP contribution in [-0.2, 0) is 11.3 Å². The Morgan fingerprint density at radius 2 is 2.25 bits per heavy atom. The van der Waals surface area contributed by atoms with Crippen molar-refractivity contribution in [3.63, 3.8) is 0 Å². The number of amides is 3. The lowest BCUT2D eigenvalue weighted by Gasteiger charge is -2.07. The van der Waals surface area contributed by atoms with E-state index in [4.69, 9.17) is 17.3 Å². The Kier molecular flexibility index (Phi) is 3.62. The van der Waals surface area contributed by atoms with Crippen LogP contribution in [0, 0.1) is 6.92 Å². The van der Waals surface area contributed by atoms with Crippen molar-refractivity contribution in [1.82, 2.24) is 14.9 Å². The fourth-order valence-corrected chi connectivity index (χ4v) is 1.32. The zero-order chi connectivity index (χ0) is 12.3. The number of imide groups is 1. The van der Waals surface area contributed by atoms with Gasteiger partial charge in [-0.15, -0.1) is 0 Å². The van der Waals surface area contributed by atoms with Crippen LogP contribution in [0.1, 0.15) is 5.82 Å². The van der Waals surface area contributed by atoms with Crippen LogP contribution in [0.3, 0.4) is 0 Å². The van der Waals surface area contributed by atoms with Crippen molar-refractivity contribution < 1.29 is 9.59 Å². The lowest BCUT2D eigenvalue weighted by molar-refractivity contribution is -0.120. The fraction of sp³-hybridized carbons (Fsp3) is 0.250. The molecule has 1 aromatic heterocycles. The van der Waals surface area contributed by atoms with E-state index in [1.807, 2.05) is 5.32 Å². The highest BCUT2D eigenvalue weighted by Gasteiger charge is 2.09. The summed E-state index contributed by atoms with van der Waals surface area (Å²) in [4.78, 5) is 36.8. The molecule has 0 atom stereocenters. The van der Waals surface area contributed by atoms with E-state index in [1.54, 1.807) is 0 Å². The minimum Gasteiger partial charge on any atom is -0.351 e. The molecule has 0 saturated carbocycles. The minimum absolute atomic E-state index is 0.0501. The van der Waals surface area contributed by atoms with Crippen LogP contribution in [0.15, 0.2) is 10.9 Å². The third-order valence-electron chi connectivity index (χ3n) is 1.73. The lowest BCUT2D eigenvalue weighted by atomic mass is 10.5. The van der Waals surface area contributed by atoms with E-state index in [1.165, 1.54) is 6.92 Å². The Balaban J connectivity index is 2.94. The fourth-order valence-electron chi connectivity index (χ4n) is 1.10. The molecule has 0 bridgehead atoms. The molecular formula is C8H9ClN4O3. The number of nitrogens with two attached hydrogens (primary N) is 1. The molecule has 8 heteroatoms. The first-order valence-corrected chi connectivity index (χ1v) is 4.61. The standard InChI is InChI=1S/C8H9ClN4O3/c1-4-11-5(9)2-7(15)13(4)3-6(14)12-8(10)16/h2H,3H2,1H3,(H3,10,12,14,16). The molecular weight excluding hydrogens is 236 g/mol. The first-order valence-electron chi connectivity index (χ1n) is 4.23. The summed E-state index contributed by atoms with van der Waals surface area (Å²) in [5.74, 6) is -0.418. The molecule has 0 aliphatic carbocycles. The molecule has 86 valence electrons. The summed E-state index contributed by atoms with van der Waals surface area (Å²) < 4.78 is 1.07. The molecule has 0 radical (unpaired) electrons. The van der Waals surface area contributed by atoms with Crippen molar-refractivity contribution in [3.8, 4) is 0 Å². The van der Waals surface area contributed by atoms with E-state index in [2.05, 4.69) is 4.98 Å². The molecule has 0 aliphatic rings. The van der Waals surface area contributed by atoms with Gasteiger partial charge in [0, 0.05) is 6.07 Å². The molecule has 7 nitrogen and oxygen atoms in total. The zero-order valence-corrected chi connectivity index (χ0v) is 9.11. The second kappa shape index (κ2) is 4.75. The summed E-state index contributed by atoms with van der Waals surface area (Å²) in [6.45, 7) is 1.18. The van der Waals surface area contributed by atoms with Gasteiger partial charge >= 0.3 is 6.03 Å². The summed E-state index contributed by atoms with van der Waals surface area (Å²) >= 11 is 5.54. The predicted octanol–water partition coefficient (Wildman–Crippen LogP) is -0.600. The first-order chi connectivity index (χ1) is 7.40. The quantitative estimate of drug-likeness (QED) is 0.677. The average Bonchev–Trinajstić information content (AvgIpc) is 2.09. The minimum atomic E-state index is -0.974. The van der Waals surface area contributed by atoms with E-state index in [-0.39, 0.29) is 17.5 Å². The van der Waals surface area contributed by atoms with Crippen molar-refractivity contribution in [2.45, 2.75) is 13.5 Å². The normalized spacial score (nSPS) is 9.88. The second-order valence-corrected chi connectivity index (χ2v) is 3.35. The maximum absolute atomic E-state index is 11.4. The van der Waals surface area contributed by atoms with Gasteiger partial charge in [-0.1, -0.05) is 11.6 Å². The number of aromatic nitrogens is 2. The largest absolute Gasteiger partial charge is 0.351 e. The topological polar surface area (TPSA) is 107 Å². The molecule has 1 rings (SSSR count). The number of carbonyl (C=O) groups excluding carboxylic acids is 2. The molecule has 0 spiro atoms. The van der Waals surface area contributed by atoms with Crippen LogP contribution in [-0.4, -0.2) is 21.5 Å². The van der Waals surface area contributed by atoms with Crippen molar-refractivity contribution in [3.05, 3.63) is 27.4 Å². The van der Waals surface area contributed by atoms with Gasteiger partial charge in [0.25, 0.3) is 5.56 Å². The van der Waals surface area contributed by atoms with Gasteiger partial charge < -0.3 is 5.73 Å². The highest BCUT2D eigenvalue weighted by Crippen LogP contribution is 2.00. The van der Waals surface area contributed by atoms with Crippen LogP contribution in [0.4, 0.5) is 4.79 Å². The van der Waals surface area contributed by atoms with E-state index < -0.39 is 17.5 Å². The number of hydrogen-bond acceptors (Lipinski definition) is 4. The smallest absolute Gasteiger partial charge is 0.318 e. The number of nitrogens with one attached hydrogen (secondary N) is 1. The van der Waals surface area contributed by atoms with Gasteiger partial charge in [0.1, 0.15) is 17.5 Å². The number of primary amides is 1. The maximum atomic E-state index is 11.4. The molecule has 3 amide bonds. The Hall–Kier alpha value is -1.89. The van der Waals surface area contributed by atoms with E-state index >= 15 is 0 Å². The molecule has 16 heavy (non-hydrogen) atoms. The van der Waals surface area contributed by atoms with Gasteiger partial charge in [-0.3, -0.25) is 19.5 Å². The Labute approximate surface area is 95.2 Å². The Morgan fingerprint density at radius 3 is 2.75 bits per heavy atom. The summed E-state index contributed by atoms with van der Waals surface area (Å²) in [6, 6.07) is 0.101. The maximum Gasteiger partial charge on any atom is 0.318 e. The van der Waals surface area contributed by atoms with Gasteiger partial charge in [-0.05, 0) is 6.92 Å². The van der Waals surface area contributed by atoms with Crippen molar-refractivity contribution in [2.24, 2.45) is 5.73 Å². The first kappa shape index (κ1) is 12.2. The van der Waals surface area contributed by atoms with Crippen molar-refractivity contribution in [2.75, 3.05) is 0 Å². The summed E-state index contributed by atoms with van der Waals surface area (Å²) in [5, 5.41) is 1.89. The Morgan fingerprint density at radius 1 is 1.62 bits per heavy atom. The van der Waals surface area contributed by atoms with Gasteiger partial charge in [-0.2, -0.15) is 0 Å². The third kappa shape index (κ3) is 3.06. The Bertz CT molecular complexity index is 497. The molecule has 0 fully saturated rings. The summed E-state index contributed by atoms with van der Waals surface area (Å²) in [5.41, 5.74) is 4.28. The highest BCUT2D eigenvalue weighted by atomic mass is 35.5. The lowest BCUT2D eigenvalue weighted by Crippen LogP contribution is -2.39. The zero-order valence-electron chi connectivity index (χ0n) is 8.36. The number of hydrogen-bond donors (Lipinski definition) is 2. The molecule has 1 aromatic rings. The molecule has 3 N–H and O–H groups in total. The van der Waals surface area contributed by atoms with Gasteiger partial charge in [-0.25, -0.2) is 9.78 Å². The molecule has 0 saturated heterocycles. The van der Waals surface area contributed by atoms with Crippen molar-refractivity contribution >= 4 is 23.5 Å². The SMILES string of the molecule is Cc1nc(Cl)cc(=O)n1CC(=O)NC(N)=O. The number of urea groups is 1. The third-order valence-corrected chi connectivity index (χ3v) is 1.93. The molecule has 0 aromatic carbocycles. The van der Waals surface area contributed by atoms with Crippen LogP contribution >= 0.6 is 11.6 Å². The predicted molar refractivity (Wildman–Crippen MR) is 56.0 cm³/mol. The second-order valence-electron chi connectivity index (χ2n) is 2.96. The molecule has 1 heterocycles. The van der Waals surface area contributed by atoms with Crippen LogP contribution in [0.25, 0.3) is 0 Å². The number of rotatable bonds is 2. The molecule has 0 unspecified atom stereocenters. The number of carbonyl (C=O) groups is 2. The van der Waals surface area contributed by atoms with Gasteiger partial charge in [0.2, 0.25) is 5.91 Å². The van der Waals surface area contributed by atoms with Crippen LogP contribution in [0.2, 0.25) is 5.15 Å². The number of nitrogens with zero attached hydrogens (tertiary/aromatic N) is 2. The van der Waals surface area contributed by atoms with E-state index in [9.17, 15) is 14.4 Å². The number of aryl methyl sites for hydroxylation is 1. The van der Waals surface area contributed by atoms with E-state index in [0.717, 1.165) is 10.6 Å².